The predicted molar refractivity (Wildman–Crippen MR) is 118 cm³/mol. The highest BCUT2D eigenvalue weighted by Gasteiger charge is 2.48. The van der Waals surface area contributed by atoms with E-state index in [1.807, 2.05) is 6.07 Å². The second kappa shape index (κ2) is 7.82. The van der Waals surface area contributed by atoms with Crippen LogP contribution in [0.4, 0.5) is 5.69 Å². The van der Waals surface area contributed by atoms with E-state index in [0.29, 0.717) is 4.88 Å². The van der Waals surface area contributed by atoms with E-state index in [9.17, 15) is 9.59 Å². The summed E-state index contributed by atoms with van der Waals surface area (Å²) in [5.41, 5.74) is 4.66. The zero-order valence-corrected chi connectivity index (χ0v) is 18.3. The predicted octanol–water partition coefficient (Wildman–Crippen LogP) is 4.29. The minimum Gasteiger partial charge on any atom is -0.465 e. The van der Waals surface area contributed by atoms with Gasteiger partial charge in [-0.2, -0.15) is 0 Å². The zero-order valence-electron chi connectivity index (χ0n) is 17.5. The number of carbonyl (C=O) groups excluding carboxylic acids is 2. The Morgan fingerprint density at radius 3 is 3.03 bits per heavy atom. The van der Waals surface area contributed by atoms with Crippen LogP contribution in [0.1, 0.15) is 63.3 Å². The van der Waals surface area contributed by atoms with Crippen LogP contribution in [0.5, 0.6) is 0 Å². The first-order valence-electron chi connectivity index (χ1n) is 11.0. The summed E-state index contributed by atoms with van der Waals surface area (Å²) in [4.78, 5) is 29.2. The molecule has 5 rings (SSSR count). The van der Waals surface area contributed by atoms with E-state index in [0.717, 1.165) is 70.3 Å². The van der Waals surface area contributed by atoms with Crippen molar-refractivity contribution in [2.75, 3.05) is 25.5 Å². The molecule has 0 spiro atoms. The van der Waals surface area contributed by atoms with Crippen molar-refractivity contribution in [1.29, 1.82) is 0 Å². The third-order valence-electron chi connectivity index (χ3n) is 7.02. The molecule has 1 atom stereocenters. The van der Waals surface area contributed by atoms with Gasteiger partial charge in [0.25, 0.3) is 0 Å². The fraction of sp³-hybridized carbons (Fsp3) is 0.500. The SMILES string of the molecule is COC(=O)c1cc2c(s1)CCN(CCCCC13CCCc4cccc(c41)NC3=O)C2. The minimum atomic E-state index is -0.304. The minimum absolute atomic E-state index is 0.209. The number of unbranched alkanes of at least 4 members (excludes halogenated alkanes) is 1. The first kappa shape index (κ1) is 19.8. The van der Waals surface area contributed by atoms with Crippen molar-refractivity contribution < 1.29 is 14.3 Å². The second-order valence-corrected chi connectivity index (χ2v) is 9.90. The molecule has 2 aromatic rings. The highest BCUT2D eigenvalue weighted by Crippen LogP contribution is 2.49. The van der Waals surface area contributed by atoms with Gasteiger partial charge in [0, 0.05) is 23.7 Å². The van der Waals surface area contributed by atoms with Gasteiger partial charge < -0.3 is 10.1 Å². The average molecular weight is 425 g/mol. The summed E-state index contributed by atoms with van der Waals surface area (Å²) in [6, 6.07) is 8.32. The molecule has 3 heterocycles. The Morgan fingerprint density at radius 1 is 1.27 bits per heavy atom. The molecule has 0 saturated heterocycles. The molecule has 1 N–H and O–H groups in total. The van der Waals surface area contributed by atoms with Crippen LogP contribution in [0, 0.1) is 0 Å². The summed E-state index contributed by atoms with van der Waals surface area (Å²) in [5, 5.41) is 3.15. The van der Waals surface area contributed by atoms with Crippen LogP contribution in [0.15, 0.2) is 24.3 Å². The maximum absolute atomic E-state index is 12.9. The molecule has 5 nitrogen and oxygen atoms in total. The molecular weight excluding hydrogens is 396 g/mol. The van der Waals surface area contributed by atoms with E-state index >= 15 is 0 Å². The molecule has 2 aliphatic heterocycles. The fourth-order valence-corrected chi connectivity index (χ4v) is 6.64. The van der Waals surface area contributed by atoms with Gasteiger partial charge >= 0.3 is 5.97 Å². The number of fused-ring (bicyclic) bond motifs is 1. The van der Waals surface area contributed by atoms with Crippen molar-refractivity contribution >= 4 is 28.9 Å². The van der Waals surface area contributed by atoms with Gasteiger partial charge in [-0.1, -0.05) is 18.6 Å². The molecule has 0 bridgehead atoms. The summed E-state index contributed by atoms with van der Waals surface area (Å²) < 4.78 is 4.86. The third-order valence-corrected chi connectivity index (χ3v) is 8.24. The summed E-state index contributed by atoms with van der Waals surface area (Å²) in [6.07, 6.45) is 7.25. The summed E-state index contributed by atoms with van der Waals surface area (Å²) in [5.74, 6) is -0.0249. The summed E-state index contributed by atoms with van der Waals surface area (Å²) in [7, 11) is 1.44. The quantitative estimate of drug-likeness (QED) is 0.555. The maximum atomic E-state index is 12.9. The lowest BCUT2D eigenvalue weighted by Gasteiger charge is -2.33. The average Bonchev–Trinajstić information content (AvgIpc) is 3.31. The highest BCUT2D eigenvalue weighted by atomic mass is 32.1. The molecule has 158 valence electrons. The molecule has 30 heavy (non-hydrogen) atoms. The largest absolute Gasteiger partial charge is 0.465 e. The number of methoxy groups -OCH3 is 1. The normalized spacial score (nSPS) is 22.4. The molecule has 3 aliphatic rings. The van der Waals surface area contributed by atoms with Gasteiger partial charge in [0.15, 0.2) is 0 Å². The first-order valence-corrected chi connectivity index (χ1v) is 11.8. The second-order valence-electron chi connectivity index (χ2n) is 8.76. The number of nitrogens with zero attached hydrogens (tertiary/aromatic N) is 1. The Bertz CT molecular complexity index is 998. The number of anilines is 1. The Hall–Kier alpha value is -2.18. The molecule has 1 aromatic heterocycles. The summed E-state index contributed by atoms with van der Waals surface area (Å²) >= 11 is 1.57. The maximum Gasteiger partial charge on any atom is 0.348 e. The van der Waals surface area contributed by atoms with E-state index in [4.69, 9.17) is 4.74 Å². The van der Waals surface area contributed by atoms with Crippen molar-refractivity contribution in [2.45, 2.75) is 56.9 Å². The smallest absolute Gasteiger partial charge is 0.348 e. The van der Waals surface area contributed by atoms with Gasteiger partial charge in [-0.3, -0.25) is 9.69 Å². The third kappa shape index (κ3) is 3.26. The van der Waals surface area contributed by atoms with Gasteiger partial charge in [0.05, 0.1) is 12.5 Å². The first-order chi connectivity index (χ1) is 14.6. The van der Waals surface area contributed by atoms with Crippen LogP contribution >= 0.6 is 11.3 Å². The van der Waals surface area contributed by atoms with E-state index in [-0.39, 0.29) is 17.3 Å². The molecule has 1 aromatic carbocycles. The highest BCUT2D eigenvalue weighted by molar-refractivity contribution is 7.14. The van der Waals surface area contributed by atoms with Gasteiger partial charge in [0.2, 0.25) is 5.91 Å². The number of thiophene rings is 1. The van der Waals surface area contributed by atoms with Crippen molar-refractivity contribution in [2.24, 2.45) is 0 Å². The Labute approximate surface area is 181 Å². The van der Waals surface area contributed by atoms with Gasteiger partial charge in [0.1, 0.15) is 4.88 Å². The molecule has 0 radical (unpaired) electrons. The standard InChI is InChI=1S/C24H28N2O3S/c1-29-22(27)20-14-17-15-26(13-9-19(17)30-20)12-3-2-10-24-11-5-7-16-6-4-8-18(21(16)24)25-23(24)28/h4,6,8,14H,2-3,5,7,9-13,15H2,1H3,(H,25,28). The van der Waals surface area contributed by atoms with E-state index in [1.165, 1.54) is 28.7 Å². The van der Waals surface area contributed by atoms with Crippen LogP contribution in [0.2, 0.25) is 0 Å². The summed E-state index contributed by atoms with van der Waals surface area (Å²) in [6.45, 7) is 2.98. The zero-order chi connectivity index (χ0) is 20.7. The molecule has 0 fully saturated rings. The molecule has 6 heteroatoms. The number of hydrogen-bond donors (Lipinski definition) is 1. The molecule has 1 amide bonds. The van der Waals surface area contributed by atoms with Crippen LogP contribution in [0.25, 0.3) is 0 Å². The fourth-order valence-electron chi connectivity index (χ4n) is 5.56. The molecular formula is C24H28N2O3S. The number of hydrogen-bond acceptors (Lipinski definition) is 5. The van der Waals surface area contributed by atoms with Gasteiger partial charge in [-0.05, 0) is 73.9 Å². The lowest BCUT2D eigenvalue weighted by Crippen LogP contribution is -2.37. The Balaban J connectivity index is 1.19. The van der Waals surface area contributed by atoms with E-state index in [2.05, 4.69) is 28.4 Å². The molecule has 1 aliphatic carbocycles. The molecule has 1 unspecified atom stereocenters. The van der Waals surface area contributed by atoms with Crippen LogP contribution in [0.3, 0.4) is 0 Å². The van der Waals surface area contributed by atoms with E-state index in [1.54, 1.807) is 11.3 Å². The van der Waals surface area contributed by atoms with Gasteiger partial charge in [-0.25, -0.2) is 4.79 Å². The van der Waals surface area contributed by atoms with Crippen LogP contribution < -0.4 is 5.32 Å². The van der Waals surface area contributed by atoms with Crippen molar-refractivity contribution in [3.8, 4) is 0 Å². The van der Waals surface area contributed by atoms with Gasteiger partial charge in [-0.15, -0.1) is 11.3 Å². The number of esters is 1. The number of aryl methyl sites for hydroxylation is 1. The number of amides is 1. The number of carbonyl (C=O) groups is 2. The monoisotopic (exact) mass is 424 g/mol. The lowest BCUT2D eigenvalue weighted by molar-refractivity contribution is -0.121. The number of ether oxygens (including phenoxy) is 1. The number of nitrogens with one attached hydrogen (secondary N) is 1. The Kier molecular flexibility index (Phi) is 5.15. The van der Waals surface area contributed by atoms with Crippen LogP contribution in [-0.4, -0.2) is 37.0 Å². The van der Waals surface area contributed by atoms with Crippen molar-refractivity contribution in [3.05, 3.63) is 50.7 Å². The number of rotatable bonds is 6. The van der Waals surface area contributed by atoms with E-state index < -0.39 is 0 Å². The Morgan fingerprint density at radius 2 is 2.17 bits per heavy atom. The van der Waals surface area contributed by atoms with Crippen molar-refractivity contribution in [3.63, 3.8) is 0 Å². The lowest BCUT2D eigenvalue weighted by atomic mass is 9.68. The topological polar surface area (TPSA) is 58.6 Å². The van der Waals surface area contributed by atoms with Crippen LogP contribution in [-0.2, 0) is 34.3 Å². The number of benzene rings is 1. The molecule has 0 saturated carbocycles. The van der Waals surface area contributed by atoms with Crippen molar-refractivity contribution in [1.82, 2.24) is 4.90 Å².